The van der Waals surface area contributed by atoms with E-state index in [1.165, 1.54) is 5.56 Å². The summed E-state index contributed by atoms with van der Waals surface area (Å²) in [6.45, 7) is 4.09. The van der Waals surface area contributed by atoms with E-state index in [0.717, 1.165) is 29.2 Å². The highest BCUT2D eigenvalue weighted by Crippen LogP contribution is 2.22. The van der Waals surface area contributed by atoms with Crippen LogP contribution in [0.4, 0.5) is 0 Å². The molecule has 0 aliphatic carbocycles. The average molecular weight is 262 g/mol. The van der Waals surface area contributed by atoms with E-state index in [2.05, 4.69) is 33.5 Å². The molecular formula is C13H18N4S. The number of rotatable bonds is 5. The van der Waals surface area contributed by atoms with Crippen LogP contribution in [0.25, 0.3) is 0 Å². The predicted octanol–water partition coefficient (Wildman–Crippen LogP) is 2.31. The van der Waals surface area contributed by atoms with Crippen molar-refractivity contribution in [2.45, 2.75) is 32.7 Å². The summed E-state index contributed by atoms with van der Waals surface area (Å²) >= 11 is 1.69. The molecule has 0 radical (unpaired) electrons. The van der Waals surface area contributed by atoms with Gasteiger partial charge in [0.25, 0.3) is 0 Å². The summed E-state index contributed by atoms with van der Waals surface area (Å²) in [5, 5.41) is 14.9. The molecule has 0 spiro atoms. The Morgan fingerprint density at radius 3 is 2.83 bits per heavy atom. The highest BCUT2D eigenvalue weighted by atomic mass is 32.1. The monoisotopic (exact) mass is 262 g/mol. The molecule has 1 N–H and O–H groups in total. The zero-order valence-electron chi connectivity index (χ0n) is 11.0. The number of aryl methyl sites for hydroxylation is 2. The van der Waals surface area contributed by atoms with Crippen LogP contribution in [0.15, 0.2) is 17.6 Å². The molecule has 18 heavy (non-hydrogen) atoms. The van der Waals surface area contributed by atoms with Crippen LogP contribution in [-0.4, -0.2) is 22.2 Å². The Hall–Kier alpha value is -1.33. The van der Waals surface area contributed by atoms with Gasteiger partial charge in [0.05, 0.1) is 16.4 Å². The minimum Gasteiger partial charge on any atom is -0.313 e. The summed E-state index contributed by atoms with van der Waals surface area (Å²) in [6.07, 6.45) is 3.65. The van der Waals surface area contributed by atoms with Gasteiger partial charge in [0.15, 0.2) is 0 Å². The minimum atomic E-state index is 0.250. The highest BCUT2D eigenvalue weighted by Gasteiger charge is 2.16. The first kappa shape index (κ1) is 13.1. The third kappa shape index (κ3) is 2.91. The van der Waals surface area contributed by atoms with E-state index in [4.69, 9.17) is 0 Å². The van der Waals surface area contributed by atoms with Gasteiger partial charge in [-0.25, -0.2) is 4.98 Å². The van der Waals surface area contributed by atoms with Crippen LogP contribution < -0.4 is 5.32 Å². The largest absolute Gasteiger partial charge is 0.313 e. The second-order valence-corrected chi connectivity index (χ2v) is 5.19. The molecule has 2 heterocycles. The zero-order valence-corrected chi connectivity index (χ0v) is 11.8. The number of hydrogen-bond acceptors (Lipinski definition) is 5. The molecule has 0 aliphatic heterocycles. The molecule has 2 rings (SSSR count). The van der Waals surface area contributed by atoms with Gasteiger partial charge in [-0.2, -0.15) is 10.2 Å². The number of aromatic nitrogens is 3. The van der Waals surface area contributed by atoms with Crippen LogP contribution in [0.5, 0.6) is 0 Å². The van der Waals surface area contributed by atoms with Crippen molar-refractivity contribution in [2.24, 2.45) is 0 Å². The number of nitrogens with one attached hydrogen (secondary N) is 1. The maximum atomic E-state index is 4.35. The summed E-state index contributed by atoms with van der Waals surface area (Å²) in [5.74, 6) is 0. The molecule has 1 unspecified atom stereocenters. The Morgan fingerprint density at radius 1 is 1.39 bits per heavy atom. The first-order valence-corrected chi connectivity index (χ1v) is 7.01. The van der Waals surface area contributed by atoms with Gasteiger partial charge >= 0.3 is 0 Å². The van der Waals surface area contributed by atoms with Crippen molar-refractivity contribution >= 4 is 11.3 Å². The van der Waals surface area contributed by atoms with Crippen LogP contribution in [0.1, 0.15) is 34.9 Å². The summed E-state index contributed by atoms with van der Waals surface area (Å²) in [7, 11) is 1.98. The SMILES string of the molecule is CCc1nnc(C)cc1C(Cc1nccs1)NC. The molecule has 0 saturated carbocycles. The molecule has 0 amide bonds. The van der Waals surface area contributed by atoms with Crippen molar-refractivity contribution in [2.75, 3.05) is 7.05 Å². The fourth-order valence-corrected chi connectivity index (χ4v) is 2.67. The molecule has 5 heteroatoms. The lowest BCUT2D eigenvalue weighted by atomic mass is 10.0. The number of nitrogens with zero attached hydrogens (tertiary/aromatic N) is 3. The number of thiazole rings is 1. The average Bonchev–Trinajstić information content (AvgIpc) is 2.88. The molecule has 0 aromatic carbocycles. The van der Waals surface area contributed by atoms with Crippen molar-refractivity contribution < 1.29 is 0 Å². The van der Waals surface area contributed by atoms with E-state index < -0.39 is 0 Å². The van der Waals surface area contributed by atoms with Crippen molar-refractivity contribution in [3.8, 4) is 0 Å². The fraction of sp³-hybridized carbons (Fsp3) is 0.462. The topological polar surface area (TPSA) is 50.7 Å². The van der Waals surface area contributed by atoms with Gasteiger partial charge in [0.1, 0.15) is 0 Å². The standard InChI is InChI=1S/C13H18N4S/c1-4-11-10(7-9(2)16-17-11)12(14-3)8-13-15-5-6-18-13/h5-7,12,14H,4,8H2,1-3H3. The Morgan fingerprint density at radius 2 is 2.22 bits per heavy atom. The van der Waals surface area contributed by atoms with Crippen molar-refractivity contribution in [3.05, 3.63) is 39.6 Å². The van der Waals surface area contributed by atoms with Crippen LogP contribution in [0.3, 0.4) is 0 Å². The van der Waals surface area contributed by atoms with Gasteiger partial charge in [-0.3, -0.25) is 0 Å². The lowest BCUT2D eigenvalue weighted by Gasteiger charge is -2.18. The van der Waals surface area contributed by atoms with Gasteiger partial charge < -0.3 is 5.32 Å². The second-order valence-electron chi connectivity index (χ2n) is 4.21. The molecule has 4 nitrogen and oxygen atoms in total. The van der Waals surface area contributed by atoms with E-state index in [1.54, 1.807) is 11.3 Å². The first-order valence-electron chi connectivity index (χ1n) is 6.13. The lowest BCUT2D eigenvalue weighted by Crippen LogP contribution is -2.21. The quantitative estimate of drug-likeness (QED) is 0.898. The van der Waals surface area contributed by atoms with Gasteiger partial charge in [0.2, 0.25) is 0 Å². The lowest BCUT2D eigenvalue weighted by molar-refractivity contribution is 0.577. The van der Waals surface area contributed by atoms with Gasteiger partial charge in [-0.15, -0.1) is 11.3 Å². The molecule has 2 aromatic rings. The Kier molecular flexibility index (Phi) is 4.38. The van der Waals surface area contributed by atoms with Crippen LogP contribution >= 0.6 is 11.3 Å². The van der Waals surface area contributed by atoms with Crippen molar-refractivity contribution in [1.29, 1.82) is 0 Å². The summed E-state index contributed by atoms with van der Waals surface area (Å²) in [5.41, 5.74) is 3.26. The van der Waals surface area contributed by atoms with E-state index in [-0.39, 0.29) is 6.04 Å². The third-order valence-electron chi connectivity index (χ3n) is 2.95. The highest BCUT2D eigenvalue weighted by molar-refractivity contribution is 7.09. The van der Waals surface area contributed by atoms with E-state index in [0.29, 0.717) is 0 Å². The summed E-state index contributed by atoms with van der Waals surface area (Å²) in [4.78, 5) is 4.35. The van der Waals surface area contributed by atoms with Crippen LogP contribution in [0.2, 0.25) is 0 Å². The Balaban J connectivity index is 2.28. The molecule has 1 atom stereocenters. The molecule has 96 valence electrons. The molecule has 2 aromatic heterocycles. The first-order chi connectivity index (χ1) is 8.74. The van der Waals surface area contributed by atoms with Gasteiger partial charge in [0, 0.05) is 24.0 Å². The van der Waals surface area contributed by atoms with Gasteiger partial charge in [-0.05, 0) is 32.0 Å². The molecule has 0 aliphatic rings. The zero-order chi connectivity index (χ0) is 13.0. The van der Waals surface area contributed by atoms with E-state index >= 15 is 0 Å². The normalized spacial score (nSPS) is 12.6. The summed E-state index contributed by atoms with van der Waals surface area (Å²) < 4.78 is 0. The maximum absolute atomic E-state index is 4.35. The Bertz CT molecular complexity index is 496. The number of hydrogen-bond donors (Lipinski definition) is 1. The van der Waals surface area contributed by atoms with Crippen molar-refractivity contribution in [3.63, 3.8) is 0 Å². The van der Waals surface area contributed by atoms with E-state index in [1.807, 2.05) is 25.5 Å². The number of likely N-dealkylation sites (N-methyl/N-ethyl adjacent to an activating group) is 1. The fourth-order valence-electron chi connectivity index (χ4n) is 2.01. The predicted molar refractivity (Wildman–Crippen MR) is 73.8 cm³/mol. The third-order valence-corrected chi connectivity index (χ3v) is 3.75. The summed E-state index contributed by atoms with van der Waals surface area (Å²) in [6, 6.07) is 2.38. The second kappa shape index (κ2) is 6.02. The molecular weight excluding hydrogens is 244 g/mol. The Labute approximate surface area is 111 Å². The molecule has 0 bridgehead atoms. The smallest absolute Gasteiger partial charge is 0.0943 e. The molecule has 0 fully saturated rings. The van der Waals surface area contributed by atoms with Gasteiger partial charge in [-0.1, -0.05) is 6.92 Å². The van der Waals surface area contributed by atoms with Crippen LogP contribution in [-0.2, 0) is 12.8 Å². The van der Waals surface area contributed by atoms with Crippen molar-refractivity contribution in [1.82, 2.24) is 20.5 Å². The van der Waals surface area contributed by atoms with E-state index in [9.17, 15) is 0 Å². The van der Waals surface area contributed by atoms with Crippen LogP contribution in [0, 0.1) is 6.92 Å². The molecule has 0 saturated heterocycles. The maximum Gasteiger partial charge on any atom is 0.0943 e. The minimum absolute atomic E-state index is 0.250.